The van der Waals surface area contributed by atoms with Gasteiger partial charge in [-0.25, -0.2) is 4.99 Å². The Labute approximate surface area is 97.7 Å². The third-order valence-electron chi connectivity index (χ3n) is 1.55. The van der Waals surface area contributed by atoms with Crippen LogP contribution in [0.15, 0.2) is 29.0 Å². The average Bonchev–Trinajstić information content (AvgIpc) is 2.13. The van der Waals surface area contributed by atoms with Gasteiger partial charge in [0.1, 0.15) is 5.82 Å². The first-order valence-corrected chi connectivity index (χ1v) is 5.30. The van der Waals surface area contributed by atoms with Crippen molar-refractivity contribution in [2.45, 2.75) is 20.3 Å². The predicted octanol–water partition coefficient (Wildman–Crippen LogP) is 1.56. The monoisotopic (exact) mass is 223 g/mol. The van der Waals surface area contributed by atoms with E-state index in [9.17, 15) is 4.79 Å². The Morgan fingerprint density at radius 3 is 2.56 bits per heavy atom. The molecule has 0 fully saturated rings. The van der Waals surface area contributed by atoms with Gasteiger partial charge in [-0.1, -0.05) is 13.5 Å². The highest BCUT2D eigenvalue weighted by Gasteiger charge is 2.03. The van der Waals surface area contributed by atoms with Gasteiger partial charge >= 0.3 is 0 Å². The Kier molecular flexibility index (Phi) is 7.12. The summed E-state index contributed by atoms with van der Waals surface area (Å²) < 4.78 is 0. The van der Waals surface area contributed by atoms with Gasteiger partial charge in [0.05, 0.1) is 6.54 Å². The minimum Gasteiger partial charge on any atom is -0.310 e. The van der Waals surface area contributed by atoms with E-state index in [1.54, 1.807) is 11.1 Å². The van der Waals surface area contributed by atoms with E-state index in [2.05, 4.69) is 16.9 Å². The number of likely N-dealkylation sites (N-methyl/N-ethyl adjacent to an activating group) is 1. The van der Waals surface area contributed by atoms with Crippen LogP contribution in [-0.4, -0.2) is 37.7 Å². The second-order valence-corrected chi connectivity index (χ2v) is 3.89. The minimum atomic E-state index is -0.0661. The summed E-state index contributed by atoms with van der Waals surface area (Å²) in [5.41, 5.74) is 0.851. The van der Waals surface area contributed by atoms with E-state index in [0.717, 1.165) is 12.0 Å². The number of allylic oxidation sites excluding steroid dienone is 2. The number of hydrogen-bond donors (Lipinski definition) is 1. The minimum absolute atomic E-state index is 0.0661. The molecule has 0 radical (unpaired) electrons. The fraction of sp³-hybridized carbons (Fsp3) is 0.500. The van der Waals surface area contributed by atoms with Gasteiger partial charge in [-0.15, -0.1) is 0 Å². The molecule has 4 nitrogen and oxygen atoms in total. The molecule has 0 bridgehead atoms. The highest BCUT2D eigenvalue weighted by atomic mass is 16.2. The Hall–Kier alpha value is -1.42. The maximum atomic E-state index is 11.5. The molecule has 0 aromatic heterocycles. The molecule has 0 aliphatic rings. The molecule has 0 rings (SSSR count). The van der Waals surface area contributed by atoms with Crippen molar-refractivity contribution in [2.24, 2.45) is 4.99 Å². The van der Waals surface area contributed by atoms with Crippen molar-refractivity contribution in [3.8, 4) is 0 Å². The van der Waals surface area contributed by atoms with Gasteiger partial charge in [0.2, 0.25) is 5.91 Å². The molecule has 0 heterocycles. The first kappa shape index (κ1) is 14.6. The van der Waals surface area contributed by atoms with Crippen molar-refractivity contribution in [3.63, 3.8) is 0 Å². The van der Waals surface area contributed by atoms with Gasteiger partial charge in [0.15, 0.2) is 0 Å². The lowest BCUT2D eigenvalue weighted by atomic mass is 10.4. The van der Waals surface area contributed by atoms with Crippen LogP contribution < -0.4 is 5.32 Å². The van der Waals surface area contributed by atoms with Gasteiger partial charge < -0.3 is 10.2 Å². The summed E-state index contributed by atoms with van der Waals surface area (Å²) in [6.07, 6.45) is 4.33. The van der Waals surface area contributed by atoms with Crippen molar-refractivity contribution < 1.29 is 4.79 Å². The first-order valence-electron chi connectivity index (χ1n) is 5.30. The van der Waals surface area contributed by atoms with Crippen LogP contribution in [0.3, 0.4) is 0 Å². The lowest BCUT2D eigenvalue weighted by Gasteiger charge is -2.10. The fourth-order valence-electron chi connectivity index (χ4n) is 0.979. The molecule has 0 aromatic carbocycles. The Bertz CT molecular complexity index is 303. The summed E-state index contributed by atoms with van der Waals surface area (Å²) in [6, 6.07) is 0. The molecule has 0 spiro atoms. The van der Waals surface area contributed by atoms with Gasteiger partial charge in [-0.05, 0) is 39.1 Å². The number of carbonyl (C=O) groups is 1. The van der Waals surface area contributed by atoms with E-state index in [0.29, 0.717) is 12.4 Å². The van der Waals surface area contributed by atoms with Crippen LogP contribution >= 0.6 is 0 Å². The third-order valence-corrected chi connectivity index (χ3v) is 1.55. The molecule has 16 heavy (non-hydrogen) atoms. The number of carbonyl (C=O) groups excluding carboxylic acids is 1. The van der Waals surface area contributed by atoms with Crippen molar-refractivity contribution >= 4 is 12.1 Å². The molecular formula is C12H21N3O. The summed E-state index contributed by atoms with van der Waals surface area (Å²) in [4.78, 5) is 17.4. The van der Waals surface area contributed by atoms with Gasteiger partial charge in [0.25, 0.3) is 0 Å². The largest absolute Gasteiger partial charge is 0.310 e. The molecule has 90 valence electrons. The van der Waals surface area contributed by atoms with Gasteiger partial charge in [-0.2, -0.15) is 0 Å². The lowest BCUT2D eigenvalue weighted by molar-refractivity contribution is -0.121. The van der Waals surface area contributed by atoms with Gasteiger partial charge in [-0.3, -0.25) is 4.79 Å². The molecule has 0 saturated carbocycles. The zero-order chi connectivity index (χ0) is 12.6. The topological polar surface area (TPSA) is 44.7 Å². The van der Waals surface area contributed by atoms with Crippen molar-refractivity contribution in [2.75, 3.05) is 20.6 Å². The normalized spacial score (nSPS) is 12.2. The standard InChI is InChI=1S/C12H21N3O/c1-6-7-11(13-8-10(2)3)14-12(16)9-15(4)5/h7-8H,2,6,9H2,1,3-5H3,(H,14,16)/b11-7+,13-8-. The predicted molar refractivity (Wildman–Crippen MR) is 68.4 cm³/mol. The smallest absolute Gasteiger partial charge is 0.239 e. The molecule has 0 unspecified atom stereocenters. The Balaban J connectivity index is 4.41. The summed E-state index contributed by atoms with van der Waals surface area (Å²) in [5.74, 6) is 0.515. The van der Waals surface area contributed by atoms with E-state index in [1.165, 1.54) is 0 Å². The number of hydrogen-bond acceptors (Lipinski definition) is 3. The number of rotatable bonds is 6. The number of aliphatic imine (C=N–C) groups is 1. The second kappa shape index (κ2) is 7.82. The number of amides is 1. The average molecular weight is 223 g/mol. The van der Waals surface area contributed by atoms with Crippen LogP contribution in [0.5, 0.6) is 0 Å². The van der Waals surface area contributed by atoms with Crippen LogP contribution in [0.2, 0.25) is 0 Å². The highest BCUT2D eigenvalue weighted by Crippen LogP contribution is 1.95. The summed E-state index contributed by atoms with van der Waals surface area (Å²) in [5, 5.41) is 2.75. The Morgan fingerprint density at radius 1 is 1.50 bits per heavy atom. The number of nitrogens with one attached hydrogen (secondary N) is 1. The highest BCUT2D eigenvalue weighted by molar-refractivity contribution is 5.81. The van der Waals surface area contributed by atoms with E-state index < -0.39 is 0 Å². The van der Waals surface area contributed by atoms with Crippen LogP contribution in [0, 0.1) is 0 Å². The third kappa shape index (κ3) is 7.94. The summed E-state index contributed by atoms with van der Waals surface area (Å²) in [6.45, 7) is 7.92. The molecule has 1 N–H and O–H groups in total. The molecule has 1 amide bonds. The maximum Gasteiger partial charge on any atom is 0.239 e. The quantitative estimate of drug-likeness (QED) is 0.695. The molecule has 0 saturated heterocycles. The number of nitrogens with zero attached hydrogens (tertiary/aromatic N) is 2. The van der Waals surface area contributed by atoms with Crippen molar-refractivity contribution in [1.82, 2.24) is 10.2 Å². The van der Waals surface area contributed by atoms with Crippen LogP contribution in [-0.2, 0) is 4.79 Å². The molecule has 0 aliphatic carbocycles. The Morgan fingerprint density at radius 2 is 2.12 bits per heavy atom. The van der Waals surface area contributed by atoms with E-state index >= 15 is 0 Å². The van der Waals surface area contributed by atoms with Crippen LogP contribution in [0.1, 0.15) is 20.3 Å². The zero-order valence-electron chi connectivity index (χ0n) is 10.6. The first-order chi connectivity index (χ1) is 7.45. The van der Waals surface area contributed by atoms with Crippen molar-refractivity contribution in [1.29, 1.82) is 0 Å². The fourth-order valence-corrected chi connectivity index (χ4v) is 0.979. The van der Waals surface area contributed by atoms with Crippen LogP contribution in [0.4, 0.5) is 0 Å². The van der Waals surface area contributed by atoms with Crippen molar-refractivity contribution in [3.05, 3.63) is 24.0 Å². The van der Waals surface area contributed by atoms with E-state index in [4.69, 9.17) is 0 Å². The molecule has 4 heteroatoms. The summed E-state index contributed by atoms with van der Waals surface area (Å²) >= 11 is 0. The molecular weight excluding hydrogens is 202 g/mol. The molecule has 0 aromatic rings. The lowest BCUT2D eigenvalue weighted by Crippen LogP contribution is -2.32. The second-order valence-electron chi connectivity index (χ2n) is 3.89. The molecule has 0 aliphatic heterocycles. The maximum absolute atomic E-state index is 11.5. The van der Waals surface area contributed by atoms with E-state index in [1.807, 2.05) is 34.0 Å². The van der Waals surface area contributed by atoms with Gasteiger partial charge in [0, 0.05) is 6.21 Å². The van der Waals surface area contributed by atoms with Crippen LogP contribution in [0.25, 0.3) is 0 Å². The molecule has 0 atom stereocenters. The summed E-state index contributed by atoms with van der Waals surface area (Å²) in [7, 11) is 3.69. The zero-order valence-corrected chi connectivity index (χ0v) is 10.6. The van der Waals surface area contributed by atoms with E-state index in [-0.39, 0.29) is 5.91 Å². The SMILES string of the molecule is C=C(C)/C=N\C(=C/CC)NC(=O)CN(C)C.